The van der Waals surface area contributed by atoms with Crippen LogP contribution in [0.2, 0.25) is 0 Å². The van der Waals surface area contributed by atoms with Crippen molar-refractivity contribution in [3.8, 4) is 0 Å². The first-order chi connectivity index (χ1) is 7.50. The van der Waals surface area contributed by atoms with Gasteiger partial charge in [0.25, 0.3) is 5.69 Å². The van der Waals surface area contributed by atoms with Crippen molar-refractivity contribution < 1.29 is 4.92 Å². The molecule has 0 bridgehead atoms. The van der Waals surface area contributed by atoms with Crippen LogP contribution >= 0.6 is 0 Å². The molecule has 16 heavy (non-hydrogen) atoms. The maximum Gasteiger partial charge on any atom is 0.278 e. The molecule has 1 aromatic carbocycles. The fourth-order valence-corrected chi connectivity index (χ4v) is 1.62. The smallest absolute Gasteiger partial charge is 0.278 e. The van der Waals surface area contributed by atoms with E-state index in [1.54, 1.807) is 6.07 Å². The van der Waals surface area contributed by atoms with E-state index in [4.69, 9.17) is 5.73 Å². The molecule has 0 fully saturated rings. The highest BCUT2D eigenvalue weighted by molar-refractivity contribution is 5.96. The van der Waals surface area contributed by atoms with Gasteiger partial charge in [-0.05, 0) is 31.5 Å². The number of hydrogen-bond acceptors (Lipinski definition) is 4. The number of nitrogens with zero attached hydrogens (tertiary/aromatic N) is 2. The van der Waals surface area contributed by atoms with Crippen LogP contribution in [0.4, 0.5) is 11.4 Å². The predicted molar refractivity (Wildman–Crippen MR) is 62.3 cm³/mol. The normalized spacial score (nSPS) is 10.6. The number of aromatic nitrogens is 1. The van der Waals surface area contributed by atoms with E-state index in [-0.39, 0.29) is 5.69 Å². The first-order valence-electron chi connectivity index (χ1n) is 4.81. The summed E-state index contributed by atoms with van der Waals surface area (Å²) in [5.74, 6) is 0. The Bertz CT molecular complexity index is 593. The Kier molecular flexibility index (Phi) is 2.23. The molecule has 0 atom stereocenters. The molecule has 5 heteroatoms. The van der Waals surface area contributed by atoms with Gasteiger partial charge in [-0.25, -0.2) is 0 Å². The number of anilines is 1. The molecule has 0 radical (unpaired) electrons. The van der Waals surface area contributed by atoms with Crippen LogP contribution in [0.25, 0.3) is 10.9 Å². The van der Waals surface area contributed by atoms with Gasteiger partial charge in [0.1, 0.15) is 5.52 Å². The SMILES string of the molecule is Cc1cc2c([N+](=O)[O-])ccc(N)c2nc1C. The van der Waals surface area contributed by atoms with Crippen LogP contribution in [-0.2, 0) is 0 Å². The molecular weight excluding hydrogens is 206 g/mol. The van der Waals surface area contributed by atoms with Gasteiger partial charge in [0.15, 0.2) is 0 Å². The molecule has 2 aromatic rings. The van der Waals surface area contributed by atoms with E-state index in [0.717, 1.165) is 11.3 Å². The van der Waals surface area contributed by atoms with Crippen LogP contribution in [0, 0.1) is 24.0 Å². The van der Waals surface area contributed by atoms with Gasteiger partial charge in [-0.1, -0.05) is 0 Å². The van der Waals surface area contributed by atoms with Gasteiger partial charge in [0.05, 0.1) is 16.0 Å². The number of hydrogen-bond donors (Lipinski definition) is 1. The fourth-order valence-electron chi connectivity index (χ4n) is 1.62. The van der Waals surface area contributed by atoms with Crippen molar-refractivity contribution >= 4 is 22.3 Å². The summed E-state index contributed by atoms with van der Waals surface area (Å²) >= 11 is 0. The third-order valence-electron chi connectivity index (χ3n) is 2.63. The van der Waals surface area contributed by atoms with Gasteiger partial charge in [-0.2, -0.15) is 0 Å². The van der Waals surface area contributed by atoms with Crippen molar-refractivity contribution in [1.82, 2.24) is 4.98 Å². The molecule has 0 saturated heterocycles. The van der Waals surface area contributed by atoms with Crippen molar-refractivity contribution in [3.63, 3.8) is 0 Å². The quantitative estimate of drug-likeness (QED) is 0.451. The molecule has 0 unspecified atom stereocenters. The standard InChI is InChI=1S/C11H11N3O2/c1-6-5-8-10(14(15)16)4-3-9(12)11(8)13-7(6)2/h3-5H,12H2,1-2H3. The van der Waals surface area contributed by atoms with Crippen LogP contribution in [-0.4, -0.2) is 9.91 Å². The Balaban J connectivity index is 2.93. The molecule has 1 aromatic heterocycles. The van der Waals surface area contributed by atoms with Gasteiger partial charge in [0.2, 0.25) is 0 Å². The van der Waals surface area contributed by atoms with Crippen molar-refractivity contribution in [1.29, 1.82) is 0 Å². The Morgan fingerprint density at radius 1 is 1.38 bits per heavy atom. The minimum absolute atomic E-state index is 0.0415. The minimum Gasteiger partial charge on any atom is -0.397 e. The fraction of sp³-hybridized carbons (Fsp3) is 0.182. The van der Waals surface area contributed by atoms with Gasteiger partial charge in [-0.15, -0.1) is 0 Å². The number of non-ortho nitro benzene ring substituents is 1. The number of nitro benzene ring substituents is 1. The Morgan fingerprint density at radius 3 is 2.69 bits per heavy atom. The van der Waals surface area contributed by atoms with Crippen LogP contribution in [0.15, 0.2) is 18.2 Å². The van der Waals surface area contributed by atoms with E-state index in [0.29, 0.717) is 16.6 Å². The molecule has 0 aliphatic rings. The molecule has 5 nitrogen and oxygen atoms in total. The molecular formula is C11H11N3O2. The Morgan fingerprint density at radius 2 is 2.06 bits per heavy atom. The summed E-state index contributed by atoms with van der Waals surface area (Å²) in [6, 6.07) is 4.68. The minimum atomic E-state index is -0.418. The molecule has 0 spiro atoms. The van der Waals surface area contributed by atoms with Crippen molar-refractivity contribution in [2.45, 2.75) is 13.8 Å². The number of rotatable bonds is 1. The summed E-state index contributed by atoms with van der Waals surface area (Å²) in [6.07, 6.45) is 0. The number of nitrogens with two attached hydrogens (primary N) is 1. The number of fused-ring (bicyclic) bond motifs is 1. The van der Waals surface area contributed by atoms with E-state index in [2.05, 4.69) is 4.98 Å². The van der Waals surface area contributed by atoms with Crippen LogP contribution in [0.3, 0.4) is 0 Å². The molecule has 0 aliphatic heterocycles. The molecule has 2 rings (SSSR count). The van der Waals surface area contributed by atoms with Crippen LogP contribution in [0.1, 0.15) is 11.3 Å². The lowest BCUT2D eigenvalue weighted by molar-refractivity contribution is -0.383. The van der Waals surface area contributed by atoms with Crippen molar-refractivity contribution in [3.05, 3.63) is 39.6 Å². The van der Waals surface area contributed by atoms with Gasteiger partial charge in [-0.3, -0.25) is 15.1 Å². The second-order valence-electron chi connectivity index (χ2n) is 3.72. The second kappa shape index (κ2) is 3.44. The first kappa shape index (κ1) is 10.4. The van der Waals surface area contributed by atoms with Crippen molar-refractivity contribution in [2.75, 3.05) is 5.73 Å². The van der Waals surface area contributed by atoms with E-state index < -0.39 is 4.92 Å². The third-order valence-corrected chi connectivity index (χ3v) is 2.63. The average Bonchev–Trinajstić information content (AvgIpc) is 2.21. The number of pyridine rings is 1. The Labute approximate surface area is 92.1 Å². The topological polar surface area (TPSA) is 82.0 Å². The summed E-state index contributed by atoms with van der Waals surface area (Å²) in [6.45, 7) is 3.72. The summed E-state index contributed by atoms with van der Waals surface area (Å²) in [5, 5.41) is 11.4. The zero-order chi connectivity index (χ0) is 11.9. The van der Waals surface area contributed by atoms with E-state index in [1.807, 2.05) is 13.8 Å². The number of benzene rings is 1. The average molecular weight is 217 g/mol. The highest BCUT2D eigenvalue weighted by Crippen LogP contribution is 2.29. The monoisotopic (exact) mass is 217 g/mol. The summed E-state index contributed by atoms with van der Waals surface area (Å²) < 4.78 is 0. The van der Waals surface area contributed by atoms with Gasteiger partial charge >= 0.3 is 0 Å². The highest BCUT2D eigenvalue weighted by atomic mass is 16.6. The number of nitro groups is 1. The summed E-state index contributed by atoms with van der Waals surface area (Å²) in [5.41, 5.74) is 8.51. The zero-order valence-electron chi connectivity index (χ0n) is 9.02. The maximum absolute atomic E-state index is 10.9. The molecule has 0 aliphatic carbocycles. The first-order valence-corrected chi connectivity index (χ1v) is 4.81. The second-order valence-corrected chi connectivity index (χ2v) is 3.72. The molecule has 82 valence electrons. The third kappa shape index (κ3) is 1.46. The number of aryl methyl sites for hydroxylation is 2. The van der Waals surface area contributed by atoms with Crippen LogP contribution in [0.5, 0.6) is 0 Å². The molecule has 2 N–H and O–H groups in total. The zero-order valence-corrected chi connectivity index (χ0v) is 9.02. The van der Waals surface area contributed by atoms with Crippen LogP contribution < -0.4 is 5.73 Å². The lowest BCUT2D eigenvalue weighted by Gasteiger charge is -2.05. The van der Waals surface area contributed by atoms with E-state index >= 15 is 0 Å². The highest BCUT2D eigenvalue weighted by Gasteiger charge is 2.15. The maximum atomic E-state index is 10.9. The van der Waals surface area contributed by atoms with Crippen molar-refractivity contribution in [2.24, 2.45) is 0 Å². The van der Waals surface area contributed by atoms with Gasteiger partial charge < -0.3 is 5.73 Å². The molecule has 0 saturated carbocycles. The Hall–Kier alpha value is -2.17. The number of nitrogen functional groups attached to an aromatic ring is 1. The molecule has 0 amide bonds. The lowest BCUT2D eigenvalue weighted by Crippen LogP contribution is -1.97. The largest absolute Gasteiger partial charge is 0.397 e. The van der Waals surface area contributed by atoms with Gasteiger partial charge in [0, 0.05) is 11.8 Å². The summed E-state index contributed by atoms with van der Waals surface area (Å²) in [7, 11) is 0. The molecule has 1 heterocycles. The lowest BCUT2D eigenvalue weighted by atomic mass is 10.1. The summed E-state index contributed by atoms with van der Waals surface area (Å²) in [4.78, 5) is 14.7. The van der Waals surface area contributed by atoms with E-state index in [9.17, 15) is 10.1 Å². The predicted octanol–water partition coefficient (Wildman–Crippen LogP) is 2.34. The van der Waals surface area contributed by atoms with E-state index in [1.165, 1.54) is 12.1 Å².